The Morgan fingerprint density at radius 1 is 0.387 bits per heavy atom. The monoisotopic (exact) mass is 1550 g/mol. The molecular weight excluding hydrogens is 1450 g/mol. The standard InChI is InChI=1S/C62H107NO43/c1-16-20(5)91-27(12-69)46(33(16)75)99-55-18(3)34(76)47(28(13-70)96-55)100-57-44(86)50(41(83)30(98-57)15-90-59-52(42(84)38(80)24(9-66)94-59)103-54-17(2)32(74)37(79)23(8-65)92-54)102-60-53(43(85)39(81)25(10-67)95-60)104-56-19(4)35(77)48(29(14-71)97-56)101-58-45(87)51(40(82)26(11-68)93-58)106-62(61(88)89)6-21(72)31(63)49(105-62)36(78)22(73)7-64/h16-60,64-87H,6-15,63H2,1-5H3,(H,88,89)/t16-,17?,18+,19+,20+,21-,22-,23+,24?,25-,26?,27?,28?,29?,30?,31-,32?,33?,34?,35?,36-,37-,38-,39-,40+,41-,42?,43?,44?,45+,46-,47-,48-,49?,50?,51?,52-,53?,54+,55+,56+,57+,58+,59+,60-,62+/m1/s1. The molecule has 0 aromatic carbocycles. The molecule has 46 atom stereocenters. The lowest BCUT2D eigenvalue weighted by molar-refractivity contribution is -0.404. The summed E-state index contributed by atoms with van der Waals surface area (Å²) in [5.41, 5.74) is 5.99. The van der Waals surface area contributed by atoms with Crippen molar-refractivity contribution in [3.63, 3.8) is 0 Å². The van der Waals surface area contributed by atoms with E-state index < -0.39 is 353 Å². The summed E-state index contributed by atoms with van der Waals surface area (Å²) in [7, 11) is 0. The number of rotatable bonds is 28. The molecule has 0 radical (unpaired) electrons. The van der Waals surface area contributed by atoms with Gasteiger partial charge < -0.3 is 214 Å². The number of aliphatic hydroxyl groups is 24. The lowest BCUT2D eigenvalue weighted by atomic mass is 9.88. The Labute approximate surface area is 604 Å². The molecule has 0 aliphatic carbocycles. The fraction of sp³-hybridized carbons (Fsp3) is 0.984. The summed E-state index contributed by atoms with van der Waals surface area (Å²) in [5.74, 6) is -9.48. The molecule has 44 heteroatoms. The molecule has 9 rings (SSSR count). The van der Waals surface area contributed by atoms with E-state index in [-0.39, 0.29) is 0 Å². The van der Waals surface area contributed by atoms with Crippen molar-refractivity contribution in [1.82, 2.24) is 0 Å². The Morgan fingerprint density at radius 2 is 0.736 bits per heavy atom. The first-order valence-electron chi connectivity index (χ1n) is 35.0. The van der Waals surface area contributed by atoms with E-state index in [1.807, 2.05) is 0 Å². The minimum absolute atomic E-state index is 0.532. The first-order valence-corrected chi connectivity index (χ1v) is 35.0. The number of carboxylic acids is 1. The third-order valence-electron chi connectivity index (χ3n) is 21.5. The van der Waals surface area contributed by atoms with Crippen molar-refractivity contribution >= 4 is 5.97 Å². The van der Waals surface area contributed by atoms with Crippen LogP contribution in [-0.4, -0.2) is 450 Å². The molecule has 9 aliphatic rings. The molecule has 18 unspecified atom stereocenters. The summed E-state index contributed by atoms with van der Waals surface area (Å²) >= 11 is 0. The van der Waals surface area contributed by atoms with Gasteiger partial charge in [-0.2, -0.15) is 0 Å². The summed E-state index contributed by atoms with van der Waals surface area (Å²) in [5, 5.41) is 276. The zero-order valence-electron chi connectivity index (χ0n) is 58.2. The summed E-state index contributed by atoms with van der Waals surface area (Å²) < 4.78 is 102. The van der Waals surface area contributed by atoms with Gasteiger partial charge in [-0.05, 0) is 6.92 Å². The van der Waals surface area contributed by atoms with Gasteiger partial charge in [-0.3, -0.25) is 0 Å². The second kappa shape index (κ2) is 37.4. The first-order chi connectivity index (χ1) is 50.1. The van der Waals surface area contributed by atoms with Crippen LogP contribution in [-0.2, 0) is 85.3 Å². The van der Waals surface area contributed by atoms with Crippen molar-refractivity contribution in [2.24, 2.45) is 29.4 Å². The fourth-order valence-corrected chi connectivity index (χ4v) is 14.5. The number of ether oxygens (including phenoxy) is 17. The molecule has 9 aliphatic heterocycles. The van der Waals surface area contributed by atoms with E-state index in [0.29, 0.717) is 0 Å². The van der Waals surface area contributed by atoms with E-state index in [0.717, 1.165) is 0 Å². The van der Waals surface area contributed by atoms with Crippen molar-refractivity contribution < 1.29 is 213 Å². The van der Waals surface area contributed by atoms with Gasteiger partial charge in [0.2, 0.25) is 0 Å². The van der Waals surface area contributed by atoms with Crippen LogP contribution in [0.4, 0.5) is 0 Å². The quantitative estimate of drug-likeness (QED) is 0.0346. The van der Waals surface area contributed by atoms with Crippen LogP contribution in [0, 0.1) is 23.7 Å². The highest BCUT2D eigenvalue weighted by atomic mass is 16.8. The smallest absolute Gasteiger partial charge is 0.364 e. The number of carbonyl (C=O) groups is 1. The fourth-order valence-electron chi connectivity index (χ4n) is 14.5. The van der Waals surface area contributed by atoms with Crippen LogP contribution in [0.5, 0.6) is 0 Å². The first kappa shape index (κ1) is 87.8. The highest BCUT2D eigenvalue weighted by Gasteiger charge is 2.62. The molecule has 9 fully saturated rings. The topological polar surface area (TPSA) is 706 Å². The third-order valence-corrected chi connectivity index (χ3v) is 21.5. The lowest BCUT2D eigenvalue weighted by Crippen LogP contribution is -2.70. The summed E-state index contributed by atoms with van der Waals surface area (Å²) in [6.45, 7) is -1.41. The highest BCUT2D eigenvalue weighted by Crippen LogP contribution is 2.43. The number of aliphatic carboxylic acids is 1. The van der Waals surface area contributed by atoms with Gasteiger partial charge in [0.1, 0.15) is 165 Å². The number of hydrogen-bond donors (Lipinski definition) is 26. The maximum absolute atomic E-state index is 13.0. The van der Waals surface area contributed by atoms with E-state index in [1.165, 1.54) is 20.8 Å². The van der Waals surface area contributed by atoms with Crippen LogP contribution in [0.25, 0.3) is 0 Å². The second-order valence-electron chi connectivity index (χ2n) is 28.5. The lowest BCUT2D eigenvalue weighted by Gasteiger charge is -2.51. The molecule has 0 saturated carbocycles. The molecule has 9 heterocycles. The maximum Gasteiger partial charge on any atom is 0.364 e. The van der Waals surface area contributed by atoms with Crippen LogP contribution in [0.15, 0.2) is 0 Å². The zero-order valence-corrected chi connectivity index (χ0v) is 58.2. The van der Waals surface area contributed by atoms with Crippen LogP contribution >= 0.6 is 0 Å². The highest BCUT2D eigenvalue weighted by molar-refractivity contribution is 5.76. The SMILES string of the molecule is CC1C(O)[C@H](O)[C@H](CO)O[C@H]1O[C@@H]1C(O)[C@H](O)C(CO)O[C@@H]1OCC1O[C@@H](O[C@@H]2C(CO)O[C@@H](O[C@@H]3C(CO)O[C@@H](C)[C@@H](C)C3O)[C@@H](C)C2O)C(O)C(O[C@H]2O[C@H](CO)[C@@H](O)C(O)C2O[C@@H]2OC(CO)[C@@H](O[C@@H]3OC(CO)[C@H](O)C(O[C@]4(C(=O)O)C[C@@H](O)[C@@H](N)C([C@H](O)[C@H](O)CO)O4)[C@@H]3O)C(O)[C@@H]2C)[C@@H]1O. The average Bonchev–Trinajstić information content (AvgIpc) is 0.778. The van der Waals surface area contributed by atoms with Crippen molar-refractivity contribution in [2.45, 2.75) is 298 Å². The van der Waals surface area contributed by atoms with E-state index in [1.54, 1.807) is 13.8 Å². The van der Waals surface area contributed by atoms with Gasteiger partial charge in [-0.1, -0.05) is 27.7 Å². The van der Waals surface area contributed by atoms with Crippen molar-refractivity contribution in [3.05, 3.63) is 0 Å². The van der Waals surface area contributed by atoms with Gasteiger partial charge in [0.25, 0.3) is 5.79 Å². The molecule has 0 aromatic rings. The van der Waals surface area contributed by atoms with Crippen LogP contribution < -0.4 is 5.73 Å². The molecule has 618 valence electrons. The molecule has 0 amide bonds. The molecule has 0 spiro atoms. The largest absolute Gasteiger partial charge is 0.477 e. The molecule has 27 N–H and O–H groups in total. The zero-order chi connectivity index (χ0) is 78.1. The van der Waals surface area contributed by atoms with Crippen LogP contribution in [0.2, 0.25) is 0 Å². The van der Waals surface area contributed by atoms with E-state index in [9.17, 15) is 132 Å². The predicted molar refractivity (Wildman–Crippen MR) is 332 cm³/mol. The number of nitrogens with two attached hydrogens (primary N) is 1. The Balaban J connectivity index is 0.981. The molecule has 0 bridgehead atoms. The normalized spacial score (nSPS) is 51.9. The van der Waals surface area contributed by atoms with Crippen LogP contribution in [0.3, 0.4) is 0 Å². The van der Waals surface area contributed by atoms with Gasteiger partial charge in [-0.25, -0.2) is 4.79 Å². The second-order valence-corrected chi connectivity index (χ2v) is 28.5. The van der Waals surface area contributed by atoms with Gasteiger partial charge in [0.15, 0.2) is 44.0 Å². The average molecular weight is 1550 g/mol. The van der Waals surface area contributed by atoms with E-state index in [4.69, 9.17) is 86.3 Å². The summed E-state index contributed by atoms with van der Waals surface area (Å²) in [4.78, 5) is 13.0. The molecule has 44 nitrogen and oxygen atoms in total. The molecule has 0 aromatic heterocycles. The molecular formula is C62H107NO43. The van der Waals surface area contributed by atoms with Crippen LogP contribution in [0.1, 0.15) is 41.0 Å². The Kier molecular flexibility index (Phi) is 30.9. The van der Waals surface area contributed by atoms with Gasteiger partial charge in [0.05, 0.1) is 102 Å². The predicted octanol–water partition coefficient (Wildman–Crippen LogP) is -15.3. The number of aliphatic hydroxyl groups excluding tert-OH is 24. The molecule has 9 saturated heterocycles. The number of carboxylic acid groups (broad SMARTS) is 1. The van der Waals surface area contributed by atoms with Crippen molar-refractivity contribution in [1.29, 1.82) is 0 Å². The Bertz CT molecular complexity index is 2690. The van der Waals surface area contributed by atoms with Gasteiger partial charge >= 0.3 is 5.97 Å². The Morgan fingerprint density at radius 3 is 1.21 bits per heavy atom. The van der Waals surface area contributed by atoms with E-state index in [2.05, 4.69) is 0 Å². The van der Waals surface area contributed by atoms with Gasteiger partial charge in [0, 0.05) is 30.1 Å². The minimum atomic E-state index is -3.14. The van der Waals surface area contributed by atoms with E-state index >= 15 is 0 Å². The van der Waals surface area contributed by atoms with Crippen molar-refractivity contribution in [3.8, 4) is 0 Å². The van der Waals surface area contributed by atoms with Gasteiger partial charge in [-0.15, -0.1) is 0 Å². The van der Waals surface area contributed by atoms with Crippen molar-refractivity contribution in [2.75, 3.05) is 59.5 Å². The summed E-state index contributed by atoms with van der Waals surface area (Å²) in [6.07, 6.45) is -75.4. The summed E-state index contributed by atoms with van der Waals surface area (Å²) in [6, 6.07) is -1.63. The minimum Gasteiger partial charge on any atom is -0.477 e. The Hall–Kier alpha value is -2.21. The molecule has 106 heavy (non-hydrogen) atoms. The third kappa shape index (κ3) is 18.0. The number of hydrogen-bond acceptors (Lipinski definition) is 43. The maximum atomic E-state index is 13.0.